The number of nitrogens with one attached hydrogen (secondary N) is 2. The molecule has 0 aliphatic carbocycles. The fraction of sp³-hybridized carbons (Fsp3) is 0.414. The van der Waals surface area contributed by atoms with Crippen molar-refractivity contribution in [2.45, 2.75) is 64.1 Å². The van der Waals surface area contributed by atoms with Crippen LogP contribution in [-0.2, 0) is 4.79 Å². The van der Waals surface area contributed by atoms with E-state index in [-0.39, 0.29) is 5.91 Å². The number of unbranched alkanes of at least 4 members (excludes halogenated alkanes) is 3. The molecule has 1 amide bonds. The molecule has 0 bridgehead atoms. The van der Waals surface area contributed by atoms with E-state index in [0.29, 0.717) is 34.7 Å². The number of ether oxygens (including phenoxy) is 2. The third-order valence-electron chi connectivity index (χ3n) is 6.33. The minimum Gasteiger partial charge on any atom is -0.495 e. The number of methoxy groups -OCH3 is 1. The highest BCUT2D eigenvalue weighted by Crippen LogP contribution is 2.38. The van der Waals surface area contributed by atoms with Crippen molar-refractivity contribution in [3.05, 3.63) is 65.4 Å². The average Bonchev–Trinajstić information content (AvgIpc) is 3.34. The molecule has 1 aliphatic rings. The van der Waals surface area contributed by atoms with E-state index in [1.165, 1.54) is 19.3 Å². The van der Waals surface area contributed by atoms with Gasteiger partial charge >= 0.3 is 0 Å². The summed E-state index contributed by atoms with van der Waals surface area (Å²) in [7, 11) is 1.59. The zero-order chi connectivity index (χ0) is 26.9. The van der Waals surface area contributed by atoms with Crippen LogP contribution in [0.3, 0.4) is 0 Å². The number of thioether (sulfide) groups is 1. The molecule has 1 aromatic heterocycles. The number of hydrogen-bond donors (Lipinski definition) is 2. The van der Waals surface area contributed by atoms with Gasteiger partial charge in [0.2, 0.25) is 11.1 Å². The fourth-order valence-corrected chi connectivity index (χ4v) is 5.07. The summed E-state index contributed by atoms with van der Waals surface area (Å²) in [4.78, 5) is 18.5. The average molecular weight is 536 g/mol. The van der Waals surface area contributed by atoms with Crippen molar-refractivity contribution in [2.24, 2.45) is 0 Å². The maximum atomic E-state index is 13.8. The maximum Gasteiger partial charge on any atom is 0.255 e. The van der Waals surface area contributed by atoms with Crippen LogP contribution in [0.2, 0.25) is 0 Å². The number of anilines is 2. The van der Waals surface area contributed by atoms with E-state index in [9.17, 15) is 4.79 Å². The van der Waals surface area contributed by atoms with Gasteiger partial charge in [-0.1, -0.05) is 69.1 Å². The van der Waals surface area contributed by atoms with Crippen molar-refractivity contribution < 1.29 is 14.3 Å². The summed E-state index contributed by atoms with van der Waals surface area (Å²) in [5.41, 5.74) is 2.82. The number of amides is 1. The number of carbonyl (C=O) groups is 1. The van der Waals surface area contributed by atoms with Crippen molar-refractivity contribution >= 4 is 29.3 Å². The Morgan fingerprint density at radius 1 is 1.08 bits per heavy atom. The molecule has 1 aliphatic heterocycles. The lowest BCUT2D eigenvalue weighted by Crippen LogP contribution is -2.31. The molecule has 0 saturated heterocycles. The molecule has 1 unspecified atom stereocenters. The van der Waals surface area contributed by atoms with E-state index in [0.717, 1.165) is 35.6 Å². The van der Waals surface area contributed by atoms with Gasteiger partial charge in [0.25, 0.3) is 5.91 Å². The number of para-hydroxylation sites is 2. The van der Waals surface area contributed by atoms with E-state index >= 15 is 0 Å². The molecule has 8 nitrogen and oxygen atoms in total. The molecule has 3 aromatic rings. The molecule has 4 rings (SSSR count). The molecule has 9 heteroatoms. The molecule has 2 N–H and O–H groups in total. The second-order valence-electron chi connectivity index (χ2n) is 9.21. The zero-order valence-corrected chi connectivity index (χ0v) is 23.4. The molecule has 202 valence electrons. The predicted molar refractivity (Wildman–Crippen MR) is 153 cm³/mol. The lowest BCUT2D eigenvalue weighted by atomic mass is 9.95. The van der Waals surface area contributed by atoms with Crippen molar-refractivity contribution in [1.82, 2.24) is 14.8 Å². The number of carbonyl (C=O) groups excluding carboxylic acids is 1. The first kappa shape index (κ1) is 27.6. The monoisotopic (exact) mass is 535 g/mol. The SMILES string of the molecule is CCCCCCOc1ccc(C2C(C(=O)Nc3ccccc3OC)=C(C)Nc3nc(SCCC)nn32)cc1. The second-order valence-corrected chi connectivity index (χ2v) is 10.3. The van der Waals surface area contributed by atoms with Crippen molar-refractivity contribution in [1.29, 1.82) is 0 Å². The van der Waals surface area contributed by atoms with Crippen LogP contribution in [0.5, 0.6) is 11.5 Å². The summed E-state index contributed by atoms with van der Waals surface area (Å²) < 4.78 is 13.2. The van der Waals surface area contributed by atoms with Crippen molar-refractivity contribution in [2.75, 3.05) is 30.1 Å². The largest absolute Gasteiger partial charge is 0.495 e. The molecule has 0 spiro atoms. The normalized spacial score (nSPS) is 14.6. The topological polar surface area (TPSA) is 90.3 Å². The first-order chi connectivity index (χ1) is 18.5. The molecule has 2 aromatic carbocycles. The predicted octanol–water partition coefficient (Wildman–Crippen LogP) is 6.68. The van der Waals surface area contributed by atoms with Gasteiger partial charge in [0, 0.05) is 11.4 Å². The fourth-order valence-electron chi connectivity index (χ4n) is 4.39. The van der Waals surface area contributed by atoms with Crippen LogP contribution in [0, 0.1) is 0 Å². The molecule has 1 atom stereocenters. The molecule has 0 fully saturated rings. The highest BCUT2D eigenvalue weighted by Gasteiger charge is 2.34. The maximum absolute atomic E-state index is 13.8. The Morgan fingerprint density at radius 2 is 1.87 bits per heavy atom. The first-order valence-corrected chi connectivity index (χ1v) is 14.3. The van der Waals surface area contributed by atoms with E-state index in [1.807, 2.05) is 60.1 Å². The van der Waals surface area contributed by atoms with E-state index in [2.05, 4.69) is 24.5 Å². The summed E-state index contributed by atoms with van der Waals surface area (Å²) in [5.74, 6) is 2.73. The van der Waals surface area contributed by atoms with Gasteiger partial charge in [-0.05, 0) is 49.6 Å². The van der Waals surface area contributed by atoms with Crippen molar-refractivity contribution in [3.63, 3.8) is 0 Å². The van der Waals surface area contributed by atoms with E-state index in [1.54, 1.807) is 18.9 Å². The minimum atomic E-state index is -0.456. The summed E-state index contributed by atoms with van der Waals surface area (Å²) in [5, 5.41) is 11.8. The highest BCUT2D eigenvalue weighted by molar-refractivity contribution is 7.99. The van der Waals surface area contributed by atoms with E-state index < -0.39 is 6.04 Å². The van der Waals surface area contributed by atoms with E-state index in [4.69, 9.17) is 19.6 Å². The Labute approximate surface area is 229 Å². The Bertz CT molecular complexity index is 1260. The Kier molecular flexibility index (Phi) is 9.70. The van der Waals surface area contributed by atoms with Gasteiger partial charge in [0.1, 0.15) is 17.5 Å². The van der Waals surface area contributed by atoms with Crippen LogP contribution < -0.4 is 20.1 Å². The van der Waals surface area contributed by atoms with Gasteiger partial charge in [-0.25, -0.2) is 4.68 Å². The van der Waals surface area contributed by atoms with Gasteiger partial charge in [-0.2, -0.15) is 4.98 Å². The minimum absolute atomic E-state index is 0.232. The number of benzene rings is 2. The number of fused-ring (bicyclic) bond motifs is 1. The van der Waals surface area contributed by atoms with Gasteiger partial charge < -0.3 is 20.1 Å². The number of nitrogens with zero attached hydrogens (tertiary/aromatic N) is 3. The third-order valence-corrected chi connectivity index (χ3v) is 7.37. The van der Waals surface area contributed by atoms with Crippen LogP contribution in [0.4, 0.5) is 11.6 Å². The quantitative estimate of drug-likeness (QED) is 0.186. The van der Waals surface area contributed by atoms with Gasteiger partial charge in [0.15, 0.2) is 0 Å². The molecular weight excluding hydrogens is 498 g/mol. The van der Waals surface area contributed by atoms with Gasteiger partial charge in [-0.15, -0.1) is 5.10 Å². The third kappa shape index (κ3) is 6.51. The summed E-state index contributed by atoms with van der Waals surface area (Å²) >= 11 is 1.61. The van der Waals surface area contributed by atoms with Crippen LogP contribution >= 0.6 is 11.8 Å². The van der Waals surface area contributed by atoms with Crippen LogP contribution in [0.15, 0.2) is 65.0 Å². The van der Waals surface area contributed by atoms with Crippen LogP contribution in [-0.4, -0.2) is 40.1 Å². The lowest BCUT2D eigenvalue weighted by Gasteiger charge is -2.29. The highest BCUT2D eigenvalue weighted by atomic mass is 32.2. The summed E-state index contributed by atoms with van der Waals surface area (Å²) in [6.45, 7) is 6.93. The molecule has 0 radical (unpaired) electrons. The Morgan fingerprint density at radius 3 is 2.61 bits per heavy atom. The Hall–Kier alpha value is -3.46. The molecule has 2 heterocycles. The second kappa shape index (κ2) is 13.4. The number of rotatable bonds is 13. The van der Waals surface area contributed by atoms with Gasteiger partial charge in [0.05, 0.1) is 25.0 Å². The first-order valence-electron chi connectivity index (χ1n) is 13.3. The number of hydrogen-bond acceptors (Lipinski definition) is 7. The smallest absolute Gasteiger partial charge is 0.255 e. The molecule has 38 heavy (non-hydrogen) atoms. The number of allylic oxidation sites excluding steroid dienone is 1. The number of aromatic nitrogens is 3. The van der Waals surface area contributed by atoms with Crippen LogP contribution in [0.25, 0.3) is 0 Å². The van der Waals surface area contributed by atoms with Crippen LogP contribution in [0.1, 0.15) is 64.5 Å². The lowest BCUT2D eigenvalue weighted by molar-refractivity contribution is -0.113. The molecular formula is C29H37N5O3S. The van der Waals surface area contributed by atoms with Gasteiger partial charge in [-0.3, -0.25) is 4.79 Å². The molecule has 0 saturated carbocycles. The standard InChI is InChI=1S/C29H37N5O3S/c1-5-7-8-11-18-37-22-16-14-21(15-17-22)26-25(27(35)31-23-12-9-10-13-24(23)36-4)20(3)30-28-32-29(33-34(26)28)38-19-6-2/h9-10,12-17,26H,5-8,11,18-19H2,1-4H3,(H,31,35)(H,30,32,33). The summed E-state index contributed by atoms with van der Waals surface area (Å²) in [6.07, 6.45) is 5.66. The summed E-state index contributed by atoms with van der Waals surface area (Å²) in [6, 6.07) is 14.9. The zero-order valence-electron chi connectivity index (χ0n) is 22.6. The van der Waals surface area contributed by atoms with Crippen molar-refractivity contribution in [3.8, 4) is 11.5 Å². The Balaban J connectivity index is 1.64.